The van der Waals surface area contributed by atoms with E-state index in [0.717, 1.165) is 44.1 Å². The van der Waals surface area contributed by atoms with Gasteiger partial charge >= 0.3 is 11.8 Å². The Labute approximate surface area is 269 Å². The van der Waals surface area contributed by atoms with Crippen molar-refractivity contribution in [3.05, 3.63) is 48.3 Å². The Bertz CT molecular complexity index is 1560. The van der Waals surface area contributed by atoms with E-state index in [1.807, 2.05) is 62.9 Å². The number of carbonyl (C=O) groups is 3. The Morgan fingerprint density at radius 2 is 1.65 bits per heavy atom. The van der Waals surface area contributed by atoms with Gasteiger partial charge in [0.1, 0.15) is 17.6 Å². The number of carbonyl (C=O) groups excluding carboxylic acids is 3. The van der Waals surface area contributed by atoms with E-state index in [1.165, 1.54) is 0 Å². The van der Waals surface area contributed by atoms with Gasteiger partial charge in [0.25, 0.3) is 0 Å². The van der Waals surface area contributed by atoms with E-state index in [-0.39, 0.29) is 30.9 Å². The van der Waals surface area contributed by atoms with E-state index in [1.54, 1.807) is 22.0 Å². The molecule has 46 heavy (non-hydrogen) atoms. The van der Waals surface area contributed by atoms with E-state index in [9.17, 15) is 14.4 Å². The summed E-state index contributed by atoms with van der Waals surface area (Å²) in [4.78, 5) is 49.3. The van der Waals surface area contributed by atoms with Crippen molar-refractivity contribution in [3.8, 4) is 0 Å². The SMILES string of the molecule is C[C@@H]1CN(C(=O)C(=O)Nc2cnc(NC3CCCCO3)c3cnn(C4CCCCO4)c23)[C@@H](c2ccccc2)CN1C(=O)C(C)(C)C. The second kappa shape index (κ2) is 13.4. The minimum absolute atomic E-state index is 0.0106. The van der Waals surface area contributed by atoms with Gasteiger partial charge in [-0.15, -0.1) is 0 Å². The Morgan fingerprint density at radius 1 is 0.913 bits per heavy atom. The molecule has 6 rings (SSSR count). The highest BCUT2D eigenvalue weighted by Crippen LogP contribution is 2.35. The van der Waals surface area contributed by atoms with Gasteiger partial charge in [0, 0.05) is 37.8 Å². The lowest BCUT2D eigenvalue weighted by atomic mass is 9.91. The van der Waals surface area contributed by atoms with E-state index < -0.39 is 23.3 Å². The Balaban J connectivity index is 1.30. The number of hydrogen-bond acceptors (Lipinski definition) is 8. The summed E-state index contributed by atoms with van der Waals surface area (Å²) in [6, 6.07) is 8.81. The van der Waals surface area contributed by atoms with Gasteiger partial charge in [0.05, 0.1) is 29.5 Å². The molecule has 4 atom stereocenters. The zero-order valence-electron chi connectivity index (χ0n) is 27.2. The zero-order valence-corrected chi connectivity index (χ0v) is 27.2. The number of hydrogen-bond donors (Lipinski definition) is 2. The maximum Gasteiger partial charge on any atom is 0.314 e. The number of nitrogens with zero attached hydrogens (tertiary/aromatic N) is 5. The molecule has 3 amide bonds. The fourth-order valence-electron chi connectivity index (χ4n) is 6.59. The predicted octanol–water partition coefficient (Wildman–Crippen LogP) is 4.85. The summed E-state index contributed by atoms with van der Waals surface area (Å²) in [6.07, 6.45) is 8.56. The lowest BCUT2D eigenvalue weighted by Gasteiger charge is -2.46. The number of rotatable bonds is 5. The standard InChI is InChI=1S/C34H45N7O5/c1-22-20-40(26(23-12-6-5-7-13-23)21-39(22)33(44)34(2,3)4)32(43)31(42)37-25-19-35-30(38-27-14-8-10-16-45-27)24-18-36-41(29(24)25)28-15-9-11-17-46-28/h5-7,12-13,18-19,22,26-28H,8-11,14-17,20-21H2,1-4H3,(H,35,38)(H,37,42)/t22-,26-,27?,28?/m1/s1. The number of ether oxygens (including phenoxy) is 2. The van der Waals surface area contributed by atoms with E-state index in [2.05, 4.69) is 20.7 Å². The molecule has 0 spiro atoms. The Kier molecular flexibility index (Phi) is 9.28. The quantitative estimate of drug-likeness (QED) is 0.382. The minimum Gasteiger partial charge on any atom is -0.359 e. The summed E-state index contributed by atoms with van der Waals surface area (Å²) < 4.78 is 13.7. The molecule has 12 nitrogen and oxygen atoms in total. The fraction of sp³-hybridized carbons (Fsp3) is 0.559. The summed E-state index contributed by atoms with van der Waals surface area (Å²) in [7, 11) is 0. The van der Waals surface area contributed by atoms with Crippen molar-refractivity contribution in [3.63, 3.8) is 0 Å². The smallest absolute Gasteiger partial charge is 0.314 e. The van der Waals surface area contributed by atoms with Crippen LogP contribution in [0, 0.1) is 5.41 Å². The molecule has 0 bridgehead atoms. The van der Waals surface area contributed by atoms with E-state index >= 15 is 0 Å². The first-order valence-electron chi connectivity index (χ1n) is 16.5. The number of benzene rings is 1. The van der Waals surface area contributed by atoms with Crippen LogP contribution in [0.3, 0.4) is 0 Å². The van der Waals surface area contributed by atoms with E-state index in [4.69, 9.17) is 9.47 Å². The van der Waals surface area contributed by atoms with Gasteiger partial charge in [0.2, 0.25) is 5.91 Å². The van der Waals surface area contributed by atoms with Gasteiger partial charge in [0.15, 0.2) is 6.23 Å². The number of fused-ring (bicyclic) bond motifs is 1. The molecule has 3 fully saturated rings. The Morgan fingerprint density at radius 3 is 2.33 bits per heavy atom. The third-order valence-electron chi connectivity index (χ3n) is 9.06. The fourth-order valence-corrected chi connectivity index (χ4v) is 6.59. The van der Waals surface area contributed by atoms with Gasteiger partial charge in [-0.1, -0.05) is 51.1 Å². The molecule has 3 aliphatic rings. The molecule has 0 radical (unpaired) electrons. The average molecular weight is 632 g/mol. The number of pyridine rings is 1. The molecule has 246 valence electrons. The van der Waals surface area contributed by atoms with Gasteiger partial charge in [-0.3, -0.25) is 14.4 Å². The van der Waals surface area contributed by atoms with Crippen LogP contribution in [0.15, 0.2) is 42.7 Å². The van der Waals surface area contributed by atoms with Crippen LogP contribution in [0.1, 0.15) is 84.1 Å². The molecule has 3 aromatic rings. The largest absolute Gasteiger partial charge is 0.359 e. The maximum atomic E-state index is 14.0. The lowest BCUT2D eigenvalue weighted by Crippen LogP contribution is -2.60. The molecule has 0 aliphatic carbocycles. The van der Waals surface area contributed by atoms with Crippen molar-refractivity contribution < 1.29 is 23.9 Å². The van der Waals surface area contributed by atoms with Crippen molar-refractivity contribution in [2.24, 2.45) is 5.41 Å². The van der Waals surface area contributed by atoms with Crippen LogP contribution >= 0.6 is 0 Å². The summed E-state index contributed by atoms with van der Waals surface area (Å²) in [5.41, 5.74) is 1.29. The van der Waals surface area contributed by atoms with Gasteiger partial charge in [-0.2, -0.15) is 5.10 Å². The number of piperazine rings is 1. The van der Waals surface area contributed by atoms with Crippen LogP contribution in [-0.2, 0) is 23.9 Å². The molecule has 2 N–H and O–H groups in total. The van der Waals surface area contributed by atoms with E-state index in [0.29, 0.717) is 42.2 Å². The topological polar surface area (TPSA) is 131 Å². The molecule has 12 heteroatoms. The average Bonchev–Trinajstić information content (AvgIpc) is 3.52. The molecule has 3 aliphatic heterocycles. The highest BCUT2D eigenvalue weighted by atomic mass is 16.5. The highest BCUT2D eigenvalue weighted by molar-refractivity contribution is 6.40. The summed E-state index contributed by atoms with van der Waals surface area (Å²) >= 11 is 0. The summed E-state index contributed by atoms with van der Waals surface area (Å²) in [6.45, 7) is 9.43. The number of amides is 3. The molecule has 2 aromatic heterocycles. The molecule has 2 unspecified atom stereocenters. The third kappa shape index (κ3) is 6.59. The normalized spacial score (nSPS) is 24.1. The molecule has 5 heterocycles. The van der Waals surface area contributed by atoms with Crippen LogP contribution in [0.2, 0.25) is 0 Å². The number of nitrogens with one attached hydrogen (secondary N) is 2. The van der Waals surface area contributed by atoms with Crippen LogP contribution in [0.4, 0.5) is 11.5 Å². The molecule has 3 saturated heterocycles. The number of anilines is 2. The second-order valence-corrected chi connectivity index (χ2v) is 13.6. The first-order valence-corrected chi connectivity index (χ1v) is 16.5. The highest BCUT2D eigenvalue weighted by Gasteiger charge is 2.42. The van der Waals surface area contributed by atoms with Gasteiger partial charge < -0.3 is 29.9 Å². The monoisotopic (exact) mass is 631 g/mol. The van der Waals surface area contributed by atoms with Crippen LogP contribution in [0.25, 0.3) is 10.9 Å². The predicted molar refractivity (Wildman–Crippen MR) is 174 cm³/mol. The van der Waals surface area contributed by atoms with Crippen LogP contribution < -0.4 is 10.6 Å². The molecular weight excluding hydrogens is 586 g/mol. The number of aromatic nitrogens is 3. The minimum atomic E-state index is -0.777. The maximum absolute atomic E-state index is 14.0. The summed E-state index contributed by atoms with van der Waals surface area (Å²) in [5.74, 6) is -0.836. The van der Waals surface area contributed by atoms with Crippen LogP contribution in [0.5, 0.6) is 0 Å². The third-order valence-corrected chi connectivity index (χ3v) is 9.06. The van der Waals surface area contributed by atoms with Crippen molar-refractivity contribution in [1.29, 1.82) is 0 Å². The van der Waals surface area contributed by atoms with Crippen molar-refractivity contribution in [1.82, 2.24) is 24.6 Å². The van der Waals surface area contributed by atoms with Gasteiger partial charge in [-0.25, -0.2) is 9.67 Å². The molecule has 1 aromatic carbocycles. The summed E-state index contributed by atoms with van der Waals surface area (Å²) in [5, 5.41) is 11.7. The lowest BCUT2D eigenvalue weighted by molar-refractivity contribution is -0.154. The van der Waals surface area contributed by atoms with Crippen molar-refractivity contribution in [2.45, 2.75) is 90.8 Å². The van der Waals surface area contributed by atoms with Crippen molar-refractivity contribution >= 4 is 40.1 Å². The van der Waals surface area contributed by atoms with Gasteiger partial charge in [-0.05, 0) is 51.0 Å². The Hall–Kier alpha value is -4.03. The zero-order chi connectivity index (χ0) is 32.4. The molecular formula is C34H45N7O5. The first-order chi connectivity index (χ1) is 22.1. The molecule has 0 saturated carbocycles. The second-order valence-electron chi connectivity index (χ2n) is 13.6. The van der Waals surface area contributed by atoms with Crippen molar-refractivity contribution in [2.75, 3.05) is 36.9 Å². The first kappa shape index (κ1) is 31.9. The van der Waals surface area contributed by atoms with Crippen LogP contribution in [-0.4, -0.2) is 80.9 Å².